The zero-order chi connectivity index (χ0) is 17.0. The predicted molar refractivity (Wildman–Crippen MR) is 84.2 cm³/mol. The van der Waals surface area contributed by atoms with Gasteiger partial charge in [-0.05, 0) is 13.0 Å². The number of likely N-dealkylation sites (N-methyl/N-ethyl adjacent to an activating group) is 1. The highest BCUT2D eigenvalue weighted by atomic mass is 16.6. The van der Waals surface area contributed by atoms with E-state index >= 15 is 0 Å². The molecule has 2 amide bonds. The standard InChI is InChI=1S/C15H20N4O4/c1-11-4-3-5-12(14(11)19(22)23)15(21)17(2)10-13(20)18-8-6-16-7-9-18/h3-5,16H,6-10H2,1-2H3. The number of benzene rings is 1. The number of para-hydroxylation sites is 1. The molecule has 1 fully saturated rings. The van der Waals surface area contributed by atoms with Crippen LogP contribution in [-0.4, -0.2) is 66.3 Å². The fourth-order valence-corrected chi connectivity index (χ4v) is 2.57. The van der Waals surface area contributed by atoms with Gasteiger partial charge in [-0.2, -0.15) is 0 Å². The van der Waals surface area contributed by atoms with Gasteiger partial charge in [0.1, 0.15) is 5.56 Å². The van der Waals surface area contributed by atoms with Crippen LogP contribution in [0.3, 0.4) is 0 Å². The number of amides is 2. The SMILES string of the molecule is Cc1cccc(C(=O)N(C)CC(=O)N2CCNCC2)c1[N+](=O)[O-]. The fraction of sp³-hybridized carbons (Fsp3) is 0.467. The van der Waals surface area contributed by atoms with Crippen molar-refractivity contribution in [3.8, 4) is 0 Å². The van der Waals surface area contributed by atoms with Crippen LogP contribution in [-0.2, 0) is 4.79 Å². The summed E-state index contributed by atoms with van der Waals surface area (Å²) in [6.07, 6.45) is 0. The summed E-state index contributed by atoms with van der Waals surface area (Å²) in [4.78, 5) is 38.2. The summed E-state index contributed by atoms with van der Waals surface area (Å²) in [5.74, 6) is -0.679. The van der Waals surface area contributed by atoms with Gasteiger partial charge in [0.15, 0.2) is 0 Å². The Morgan fingerprint density at radius 2 is 2.00 bits per heavy atom. The van der Waals surface area contributed by atoms with Crippen molar-refractivity contribution in [3.63, 3.8) is 0 Å². The Bertz CT molecular complexity index is 626. The van der Waals surface area contributed by atoms with Crippen LogP contribution in [0.25, 0.3) is 0 Å². The van der Waals surface area contributed by atoms with Crippen LogP contribution >= 0.6 is 0 Å². The van der Waals surface area contributed by atoms with Crippen LogP contribution in [0.4, 0.5) is 5.69 Å². The van der Waals surface area contributed by atoms with Gasteiger partial charge in [-0.15, -0.1) is 0 Å². The van der Waals surface area contributed by atoms with E-state index in [4.69, 9.17) is 0 Å². The molecule has 1 aliphatic rings. The Morgan fingerprint density at radius 3 is 2.61 bits per heavy atom. The lowest BCUT2D eigenvalue weighted by atomic mass is 10.1. The number of rotatable bonds is 4. The molecule has 1 heterocycles. The number of nitrogens with one attached hydrogen (secondary N) is 1. The van der Waals surface area contributed by atoms with Crippen LogP contribution < -0.4 is 5.32 Å². The summed E-state index contributed by atoms with van der Waals surface area (Å²) in [5.41, 5.74) is 0.215. The van der Waals surface area contributed by atoms with Crippen LogP contribution in [0.15, 0.2) is 18.2 Å². The van der Waals surface area contributed by atoms with Crippen molar-refractivity contribution in [3.05, 3.63) is 39.4 Å². The van der Waals surface area contributed by atoms with E-state index in [0.717, 1.165) is 13.1 Å². The molecule has 0 atom stereocenters. The maximum Gasteiger partial charge on any atom is 0.285 e. The number of carbonyl (C=O) groups excluding carboxylic acids is 2. The minimum Gasteiger partial charge on any atom is -0.339 e. The van der Waals surface area contributed by atoms with Gasteiger partial charge in [0.2, 0.25) is 5.91 Å². The molecular formula is C15H20N4O4. The molecule has 0 saturated carbocycles. The Hall–Kier alpha value is -2.48. The number of carbonyl (C=O) groups is 2. The quantitative estimate of drug-likeness (QED) is 0.640. The van der Waals surface area contributed by atoms with Crippen LogP contribution in [0.5, 0.6) is 0 Å². The molecule has 0 spiro atoms. The number of hydrogen-bond acceptors (Lipinski definition) is 5. The van der Waals surface area contributed by atoms with E-state index in [0.29, 0.717) is 18.7 Å². The molecule has 8 nitrogen and oxygen atoms in total. The van der Waals surface area contributed by atoms with Crippen molar-refractivity contribution in [2.75, 3.05) is 39.8 Å². The number of nitro benzene ring substituents is 1. The summed E-state index contributed by atoms with van der Waals surface area (Å²) < 4.78 is 0. The lowest BCUT2D eigenvalue weighted by Gasteiger charge is -2.29. The minimum absolute atomic E-state index is 0.00520. The molecule has 1 saturated heterocycles. The van der Waals surface area contributed by atoms with Crippen molar-refractivity contribution >= 4 is 17.5 Å². The number of piperazine rings is 1. The van der Waals surface area contributed by atoms with E-state index in [9.17, 15) is 19.7 Å². The highest BCUT2D eigenvalue weighted by Crippen LogP contribution is 2.24. The van der Waals surface area contributed by atoms with E-state index in [1.165, 1.54) is 18.0 Å². The van der Waals surface area contributed by atoms with Crippen molar-refractivity contribution in [1.29, 1.82) is 0 Å². The second-order valence-electron chi connectivity index (χ2n) is 5.52. The molecule has 124 valence electrons. The lowest BCUT2D eigenvalue weighted by molar-refractivity contribution is -0.385. The lowest BCUT2D eigenvalue weighted by Crippen LogP contribution is -2.49. The molecule has 1 aliphatic heterocycles. The van der Waals surface area contributed by atoms with E-state index in [2.05, 4.69) is 5.32 Å². The molecule has 0 bridgehead atoms. The van der Waals surface area contributed by atoms with E-state index in [1.807, 2.05) is 0 Å². The Morgan fingerprint density at radius 1 is 1.35 bits per heavy atom. The Balaban J connectivity index is 2.12. The molecule has 0 aliphatic carbocycles. The summed E-state index contributed by atoms with van der Waals surface area (Å²) in [5, 5.41) is 14.3. The average Bonchev–Trinajstić information content (AvgIpc) is 2.54. The first-order valence-electron chi connectivity index (χ1n) is 7.39. The number of hydrogen-bond donors (Lipinski definition) is 1. The van der Waals surface area contributed by atoms with E-state index < -0.39 is 10.8 Å². The third kappa shape index (κ3) is 3.84. The first-order chi connectivity index (χ1) is 10.9. The van der Waals surface area contributed by atoms with Gasteiger partial charge in [-0.25, -0.2) is 0 Å². The summed E-state index contributed by atoms with van der Waals surface area (Å²) in [7, 11) is 1.48. The van der Waals surface area contributed by atoms with Crippen LogP contribution in [0.2, 0.25) is 0 Å². The molecular weight excluding hydrogens is 300 g/mol. The second-order valence-corrected chi connectivity index (χ2v) is 5.52. The monoisotopic (exact) mass is 320 g/mol. The molecule has 0 radical (unpaired) electrons. The van der Waals surface area contributed by atoms with Crippen molar-refractivity contribution < 1.29 is 14.5 Å². The van der Waals surface area contributed by atoms with E-state index in [-0.39, 0.29) is 23.7 Å². The molecule has 8 heteroatoms. The normalized spacial score (nSPS) is 14.4. The van der Waals surface area contributed by atoms with Gasteiger partial charge in [-0.1, -0.05) is 12.1 Å². The molecule has 1 N–H and O–H groups in total. The highest BCUT2D eigenvalue weighted by molar-refractivity contribution is 6.00. The first-order valence-corrected chi connectivity index (χ1v) is 7.39. The number of nitro groups is 1. The third-order valence-corrected chi connectivity index (χ3v) is 3.84. The van der Waals surface area contributed by atoms with Gasteiger partial charge in [0.25, 0.3) is 11.6 Å². The molecule has 0 unspecified atom stereocenters. The van der Waals surface area contributed by atoms with Gasteiger partial charge in [0.05, 0.1) is 11.5 Å². The topological polar surface area (TPSA) is 95.8 Å². The van der Waals surface area contributed by atoms with Gasteiger partial charge >= 0.3 is 0 Å². The van der Waals surface area contributed by atoms with Crippen molar-refractivity contribution in [1.82, 2.24) is 15.1 Å². The van der Waals surface area contributed by atoms with Crippen LogP contribution in [0, 0.1) is 17.0 Å². The maximum absolute atomic E-state index is 12.5. The largest absolute Gasteiger partial charge is 0.339 e. The van der Waals surface area contributed by atoms with E-state index in [1.54, 1.807) is 24.0 Å². The average molecular weight is 320 g/mol. The Kier molecular flexibility index (Phi) is 5.28. The van der Waals surface area contributed by atoms with Crippen molar-refractivity contribution in [2.45, 2.75) is 6.92 Å². The summed E-state index contributed by atoms with van der Waals surface area (Å²) in [6.45, 7) is 4.15. The van der Waals surface area contributed by atoms with Crippen molar-refractivity contribution in [2.24, 2.45) is 0 Å². The number of aryl methyl sites for hydroxylation is 1. The maximum atomic E-state index is 12.5. The predicted octanol–water partition coefficient (Wildman–Crippen LogP) is 0.407. The van der Waals surface area contributed by atoms with Crippen LogP contribution in [0.1, 0.15) is 15.9 Å². The molecule has 2 rings (SSSR count). The summed E-state index contributed by atoms with van der Waals surface area (Å²) >= 11 is 0. The third-order valence-electron chi connectivity index (χ3n) is 3.84. The Labute approximate surface area is 134 Å². The zero-order valence-corrected chi connectivity index (χ0v) is 13.2. The fourth-order valence-electron chi connectivity index (χ4n) is 2.57. The molecule has 1 aromatic rings. The molecule has 1 aromatic carbocycles. The summed E-state index contributed by atoms with van der Waals surface area (Å²) in [6, 6.07) is 4.60. The van der Waals surface area contributed by atoms with Gasteiger partial charge < -0.3 is 15.1 Å². The zero-order valence-electron chi connectivity index (χ0n) is 13.2. The first kappa shape index (κ1) is 16.9. The van der Waals surface area contributed by atoms with Gasteiger partial charge in [0, 0.05) is 38.8 Å². The second kappa shape index (κ2) is 7.19. The number of nitrogens with zero attached hydrogens (tertiary/aromatic N) is 3. The highest BCUT2D eigenvalue weighted by Gasteiger charge is 2.27. The van der Waals surface area contributed by atoms with Gasteiger partial charge in [-0.3, -0.25) is 19.7 Å². The molecule has 0 aromatic heterocycles. The smallest absolute Gasteiger partial charge is 0.285 e. The minimum atomic E-state index is -0.561. The molecule has 23 heavy (non-hydrogen) atoms.